The Hall–Kier alpha value is -2.67. The first-order valence-corrected chi connectivity index (χ1v) is 11.7. The van der Waals surface area contributed by atoms with E-state index in [-0.39, 0.29) is 17.2 Å². The third-order valence-corrected chi connectivity index (χ3v) is 6.20. The van der Waals surface area contributed by atoms with Crippen LogP contribution in [-0.2, 0) is 16.6 Å². The minimum Gasteiger partial charge on any atom is -0.346 e. The molecule has 1 aromatic heterocycles. The van der Waals surface area contributed by atoms with Crippen molar-refractivity contribution in [3.63, 3.8) is 0 Å². The number of sulfonamides is 1. The molecule has 0 aliphatic rings. The number of benzene rings is 3. The van der Waals surface area contributed by atoms with E-state index in [1.807, 2.05) is 86.8 Å². The van der Waals surface area contributed by atoms with Gasteiger partial charge in [-0.2, -0.15) is 0 Å². The van der Waals surface area contributed by atoms with Crippen LogP contribution in [0.5, 0.6) is 0 Å². The van der Waals surface area contributed by atoms with Gasteiger partial charge in [-0.15, -0.1) is 0 Å². The van der Waals surface area contributed by atoms with Gasteiger partial charge in [0.15, 0.2) is 0 Å². The molecule has 6 heteroatoms. The van der Waals surface area contributed by atoms with Gasteiger partial charge in [0.25, 0.3) is 0 Å². The summed E-state index contributed by atoms with van der Waals surface area (Å²) in [5.74, 6) is -0.537. The smallest absolute Gasteiger partial charge is 0.210 e. The quantitative estimate of drug-likeness (QED) is 0.494. The first-order chi connectivity index (χ1) is 14.1. The van der Waals surface area contributed by atoms with Crippen LogP contribution in [0.25, 0.3) is 21.7 Å². The number of rotatable bonds is 6. The highest BCUT2D eigenvalue weighted by Crippen LogP contribution is 2.36. The van der Waals surface area contributed by atoms with Gasteiger partial charge in [0.2, 0.25) is 10.0 Å². The van der Waals surface area contributed by atoms with Crippen molar-refractivity contribution in [3.8, 4) is 0 Å². The topological polar surface area (TPSA) is 91.1 Å². The zero-order chi connectivity index (χ0) is 21.5. The molecule has 0 aliphatic carbocycles. The standard InChI is InChI=1S/C24H27N3O2S/c1-24(2,25)16-27-14-13-21-20(11-6-12-23(21)27)22(15-30(26,28)29)19-10-5-8-17-7-3-4-9-18(17)19/h3-14,22H,15-16,25H2,1-2H3,(H2,26,28,29). The fourth-order valence-corrected chi connectivity index (χ4v) is 5.09. The van der Waals surface area contributed by atoms with Gasteiger partial charge in [0, 0.05) is 35.1 Å². The van der Waals surface area contributed by atoms with E-state index in [4.69, 9.17) is 10.9 Å². The van der Waals surface area contributed by atoms with Crippen LogP contribution in [-0.4, -0.2) is 24.3 Å². The maximum atomic E-state index is 12.2. The molecule has 1 atom stereocenters. The largest absolute Gasteiger partial charge is 0.346 e. The van der Waals surface area contributed by atoms with Crippen LogP contribution in [0.15, 0.2) is 72.9 Å². The molecule has 0 radical (unpaired) electrons. The Balaban J connectivity index is 1.94. The van der Waals surface area contributed by atoms with Crippen molar-refractivity contribution in [3.05, 3.63) is 84.1 Å². The highest BCUT2D eigenvalue weighted by molar-refractivity contribution is 7.89. The summed E-state index contributed by atoms with van der Waals surface area (Å²) in [6.07, 6.45) is 2.01. The summed E-state index contributed by atoms with van der Waals surface area (Å²) in [7, 11) is -3.71. The average molecular weight is 422 g/mol. The highest BCUT2D eigenvalue weighted by Gasteiger charge is 2.24. The molecule has 0 saturated carbocycles. The van der Waals surface area contributed by atoms with Gasteiger partial charge in [0.1, 0.15) is 0 Å². The maximum absolute atomic E-state index is 12.2. The fraction of sp³-hybridized carbons (Fsp3) is 0.250. The molecular formula is C24H27N3O2S. The van der Waals surface area contributed by atoms with Gasteiger partial charge < -0.3 is 10.3 Å². The van der Waals surface area contributed by atoms with E-state index >= 15 is 0 Å². The van der Waals surface area contributed by atoms with Crippen molar-refractivity contribution in [1.82, 2.24) is 4.57 Å². The number of aromatic nitrogens is 1. The number of nitrogens with zero attached hydrogens (tertiary/aromatic N) is 1. The summed E-state index contributed by atoms with van der Waals surface area (Å²) >= 11 is 0. The molecule has 0 fully saturated rings. The lowest BCUT2D eigenvalue weighted by atomic mass is 9.87. The normalized spacial score (nSPS) is 13.7. The van der Waals surface area contributed by atoms with E-state index in [0.29, 0.717) is 6.54 Å². The van der Waals surface area contributed by atoms with Gasteiger partial charge in [-0.1, -0.05) is 54.6 Å². The third-order valence-electron chi connectivity index (χ3n) is 5.40. The van der Waals surface area contributed by atoms with Crippen LogP contribution in [0.1, 0.15) is 30.9 Å². The SMILES string of the molecule is CC(C)(N)Cn1ccc2c(C(CS(N)(=O)=O)c3cccc4ccccc34)cccc21. The van der Waals surface area contributed by atoms with Crippen LogP contribution < -0.4 is 10.9 Å². The first-order valence-electron chi connectivity index (χ1n) is 9.97. The third kappa shape index (κ3) is 4.26. The molecule has 3 aromatic carbocycles. The Morgan fingerprint density at radius 1 is 0.900 bits per heavy atom. The van der Waals surface area contributed by atoms with Crippen molar-refractivity contribution >= 4 is 31.7 Å². The van der Waals surface area contributed by atoms with Crippen molar-refractivity contribution in [2.24, 2.45) is 10.9 Å². The van der Waals surface area contributed by atoms with Gasteiger partial charge in [-0.3, -0.25) is 0 Å². The van der Waals surface area contributed by atoms with E-state index in [1.165, 1.54) is 0 Å². The summed E-state index contributed by atoms with van der Waals surface area (Å²) in [5.41, 5.74) is 8.82. The van der Waals surface area contributed by atoms with Crippen LogP contribution in [0.2, 0.25) is 0 Å². The Bertz CT molecular complexity index is 1310. The Kier molecular flexibility index (Phi) is 5.18. The molecule has 1 heterocycles. The Morgan fingerprint density at radius 3 is 2.23 bits per heavy atom. The number of fused-ring (bicyclic) bond motifs is 2. The molecule has 0 saturated heterocycles. The lowest BCUT2D eigenvalue weighted by molar-refractivity contribution is 0.441. The second-order valence-corrected chi connectivity index (χ2v) is 10.3. The summed E-state index contributed by atoms with van der Waals surface area (Å²) < 4.78 is 26.5. The Morgan fingerprint density at radius 2 is 1.53 bits per heavy atom. The van der Waals surface area contributed by atoms with Crippen LogP contribution in [0.3, 0.4) is 0 Å². The lowest BCUT2D eigenvalue weighted by Crippen LogP contribution is -2.36. The van der Waals surface area contributed by atoms with E-state index in [9.17, 15) is 8.42 Å². The van der Waals surface area contributed by atoms with Gasteiger partial charge >= 0.3 is 0 Å². The lowest BCUT2D eigenvalue weighted by Gasteiger charge is -2.22. The molecule has 4 N–H and O–H groups in total. The number of primary sulfonamides is 1. The molecule has 1 unspecified atom stereocenters. The number of hydrogen-bond donors (Lipinski definition) is 2. The number of nitrogens with two attached hydrogens (primary N) is 2. The van der Waals surface area contributed by atoms with Gasteiger partial charge in [-0.05, 0) is 47.9 Å². The van der Waals surface area contributed by atoms with Crippen molar-refractivity contribution in [2.45, 2.75) is 31.8 Å². The highest BCUT2D eigenvalue weighted by atomic mass is 32.2. The predicted octanol–water partition coefficient (Wildman–Crippen LogP) is 3.95. The monoisotopic (exact) mass is 421 g/mol. The molecule has 30 heavy (non-hydrogen) atoms. The van der Waals surface area contributed by atoms with E-state index in [1.54, 1.807) is 0 Å². The fourth-order valence-electron chi connectivity index (χ4n) is 4.26. The molecule has 0 aliphatic heterocycles. The van der Waals surface area contributed by atoms with Crippen LogP contribution in [0, 0.1) is 0 Å². The molecule has 0 spiro atoms. The predicted molar refractivity (Wildman–Crippen MR) is 124 cm³/mol. The van der Waals surface area contributed by atoms with Crippen molar-refractivity contribution < 1.29 is 8.42 Å². The first kappa shape index (κ1) is 20.6. The summed E-state index contributed by atoms with van der Waals surface area (Å²) in [5, 5.41) is 8.66. The zero-order valence-corrected chi connectivity index (χ0v) is 18.1. The zero-order valence-electron chi connectivity index (χ0n) is 17.2. The van der Waals surface area contributed by atoms with Crippen LogP contribution in [0.4, 0.5) is 0 Å². The Labute approximate surface area is 177 Å². The van der Waals surface area contributed by atoms with Gasteiger partial charge in [0.05, 0.1) is 5.75 Å². The molecule has 4 aromatic rings. The second kappa shape index (κ2) is 7.54. The maximum Gasteiger partial charge on any atom is 0.210 e. The summed E-state index contributed by atoms with van der Waals surface area (Å²) in [4.78, 5) is 0. The molecule has 5 nitrogen and oxygen atoms in total. The van der Waals surface area contributed by atoms with Gasteiger partial charge in [-0.25, -0.2) is 13.6 Å². The summed E-state index contributed by atoms with van der Waals surface area (Å²) in [6, 6.07) is 22.1. The minimum atomic E-state index is -3.71. The molecule has 0 amide bonds. The van der Waals surface area contributed by atoms with E-state index in [0.717, 1.165) is 32.8 Å². The molecule has 4 rings (SSSR count). The van der Waals surface area contributed by atoms with Crippen molar-refractivity contribution in [2.75, 3.05) is 5.75 Å². The molecule has 156 valence electrons. The second-order valence-electron chi connectivity index (χ2n) is 8.66. The summed E-state index contributed by atoms with van der Waals surface area (Å²) in [6.45, 7) is 4.64. The molecule has 0 bridgehead atoms. The van der Waals surface area contributed by atoms with Crippen molar-refractivity contribution in [1.29, 1.82) is 0 Å². The minimum absolute atomic E-state index is 0.159. The van der Waals surface area contributed by atoms with E-state index < -0.39 is 10.0 Å². The van der Waals surface area contributed by atoms with Crippen LogP contribution >= 0.6 is 0 Å². The van der Waals surface area contributed by atoms with E-state index in [2.05, 4.69) is 4.57 Å². The average Bonchev–Trinajstić information content (AvgIpc) is 3.06. The number of hydrogen-bond acceptors (Lipinski definition) is 3. The molecular weight excluding hydrogens is 394 g/mol.